The molecule has 0 aliphatic rings. The van der Waals surface area contributed by atoms with Crippen molar-refractivity contribution in [1.29, 1.82) is 0 Å². The zero-order valence-electron chi connectivity index (χ0n) is 11.8. The number of fused-ring (bicyclic) bond motifs is 1. The standard InChI is InChI=1S/C15H15N3O2S/c1-9(2)7-11-10-8-12(15(19)20)21-14(10)18(17-11)13-5-3-4-6-16-13/h3-6,8-9H,7H2,1-2H3,(H,19,20). The molecular weight excluding hydrogens is 286 g/mol. The number of carboxylic acid groups (broad SMARTS) is 1. The molecule has 3 aromatic rings. The van der Waals surface area contributed by atoms with Crippen molar-refractivity contribution in [3.63, 3.8) is 0 Å². The molecule has 0 aromatic carbocycles. The Morgan fingerprint density at radius 2 is 2.24 bits per heavy atom. The Bertz CT molecular complexity index is 790. The molecule has 108 valence electrons. The molecule has 0 amide bonds. The second-order valence-corrected chi connectivity index (χ2v) is 6.31. The number of carboxylic acids is 1. The molecule has 0 fully saturated rings. The van der Waals surface area contributed by atoms with Crippen LogP contribution in [-0.4, -0.2) is 25.8 Å². The Hall–Kier alpha value is -2.21. The number of pyridine rings is 1. The van der Waals surface area contributed by atoms with Gasteiger partial charge in [0.2, 0.25) is 0 Å². The average Bonchev–Trinajstić information content (AvgIpc) is 3.00. The summed E-state index contributed by atoms with van der Waals surface area (Å²) in [4.78, 5) is 16.7. The molecule has 0 unspecified atom stereocenters. The molecule has 0 aliphatic carbocycles. The van der Waals surface area contributed by atoms with E-state index in [4.69, 9.17) is 0 Å². The fourth-order valence-electron chi connectivity index (χ4n) is 2.24. The Morgan fingerprint density at radius 3 is 2.86 bits per heavy atom. The molecule has 0 spiro atoms. The molecule has 3 aromatic heterocycles. The van der Waals surface area contributed by atoms with Gasteiger partial charge in [0, 0.05) is 11.6 Å². The van der Waals surface area contributed by atoms with E-state index in [0.717, 1.165) is 22.3 Å². The van der Waals surface area contributed by atoms with Crippen LogP contribution < -0.4 is 0 Å². The minimum absolute atomic E-state index is 0.331. The van der Waals surface area contributed by atoms with Gasteiger partial charge in [-0.3, -0.25) is 0 Å². The number of rotatable bonds is 4. The van der Waals surface area contributed by atoms with Crippen molar-refractivity contribution in [3.05, 3.63) is 41.0 Å². The maximum atomic E-state index is 11.2. The smallest absolute Gasteiger partial charge is 0.345 e. The molecule has 5 nitrogen and oxygen atoms in total. The van der Waals surface area contributed by atoms with E-state index in [1.807, 2.05) is 18.2 Å². The van der Waals surface area contributed by atoms with Gasteiger partial charge in [-0.1, -0.05) is 19.9 Å². The third-order valence-electron chi connectivity index (χ3n) is 3.12. The molecule has 21 heavy (non-hydrogen) atoms. The van der Waals surface area contributed by atoms with E-state index in [2.05, 4.69) is 23.9 Å². The van der Waals surface area contributed by atoms with Gasteiger partial charge in [0.05, 0.1) is 5.69 Å². The molecule has 0 bridgehead atoms. The third kappa shape index (κ3) is 2.54. The third-order valence-corrected chi connectivity index (χ3v) is 4.21. The number of nitrogens with zero attached hydrogens (tertiary/aromatic N) is 3. The van der Waals surface area contributed by atoms with Crippen LogP contribution in [-0.2, 0) is 6.42 Å². The van der Waals surface area contributed by atoms with Crippen LogP contribution in [0, 0.1) is 5.92 Å². The monoisotopic (exact) mass is 301 g/mol. The second-order valence-electron chi connectivity index (χ2n) is 5.28. The molecular formula is C15H15N3O2S. The van der Waals surface area contributed by atoms with Crippen LogP contribution in [0.4, 0.5) is 0 Å². The zero-order chi connectivity index (χ0) is 15.0. The van der Waals surface area contributed by atoms with Crippen LogP contribution in [0.5, 0.6) is 0 Å². The van der Waals surface area contributed by atoms with Crippen LogP contribution in [0.25, 0.3) is 16.0 Å². The summed E-state index contributed by atoms with van der Waals surface area (Å²) in [6, 6.07) is 7.32. The minimum Gasteiger partial charge on any atom is -0.477 e. The van der Waals surface area contributed by atoms with Gasteiger partial charge in [0.15, 0.2) is 5.82 Å². The van der Waals surface area contributed by atoms with Crippen molar-refractivity contribution < 1.29 is 9.90 Å². The molecule has 1 N–H and O–H groups in total. The lowest BCUT2D eigenvalue weighted by molar-refractivity contribution is 0.0702. The minimum atomic E-state index is -0.903. The van der Waals surface area contributed by atoms with Crippen LogP contribution in [0.2, 0.25) is 0 Å². The predicted octanol–water partition coefficient (Wildman–Crippen LogP) is 3.38. The summed E-state index contributed by atoms with van der Waals surface area (Å²) in [6.45, 7) is 4.24. The number of aromatic nitrogens is 3. The van der Waals surface area contributed by atoms with Gasteiger partial charge >= 0.3 is 5.97 Å². The van der Waals surface area contributed by atoms with Crippen molar-refractivity contribution in [2.45, 2.75) is 20.3 Å². The number of thiophene rings is 1. The first-order chi connectivity index (χ1) is 10.1. The topological polar surface area (TPSA) is 68.0 Å². The summed E-state index contributed by atoms with van der Waals surface area (Å²) >= 11 is 1.24. The van der Waals surface area contributed by atoms with Crippen LogP contribution in [0.15, 0.2) is 30.5 Å². The van der Waals surface area contributed by atoms with Gasteiger partial charge in [0.1, 0.15) is 9.71 Å². The number of hydrogen-bond donors (Lipinski definition) is 1. The number of hydrogen-bond acceptors (Lipinski definition) is 4. The molecule has 6 heteroatoms. The molecule has 3 rings (SSSR count). The molecule has 3 heterocycles. The maximum absolute atomic E-state index is 11.2. The van der Waals surface area contributed by atoms with Gasteiger partial charge in [-0.2, -0.15) is 5.10 Å². The highest BCUT2D eigenvalue weighted by atomic mass is 32.1. The lowest BCUT2D eigenvalue weighted by atomic mass is 10.1. The first-order valence-electron chi connectivity index (χ1n) is 6.72. The molecule has 0 saturated heterocycles. The summed E-state index contributed by atoms with van der Waals surface area (Å²) in [5.74, 6) is 0.254. The van der Waals surface area contributed by atoms with Gasteiger partial charge in [0.25, 0.3) is 0 Å². The van der Waals surface area contributed by atoms with Gasteiger partial charge < -0.3 is 5.11 Å². The van der Waals surface area contributed by atoms with Crippen LogP contribution in [0.3, 0.4) is 0 Å². The van der Waals surface area contributed by atoms with E-state index in [1.54, 1.807) is 16.9 Å². The summed E-state index contributed by atoms with van der Waals surface area (Å²) in [6.07, 6.45) is 2.52. The summed E-state index contributed by atoms with van der Waals surface area (Å²) in [5, 5.41) is 14.7. The largest absolute Gasteiger partial charge is 0.477 e. The average molecular weight is 301 g/mol. The van der Waals surface area contributed by atoms with E-state index < -0.39 is 5.97 Å². The van der Waals surface area contributed by atoms with Gasteiger partial charge in [-0.25, -0.2) is 14.5 Å². The summed E-state index contributed by atoms with van der Waals surface area (Å²) in [5.41, 5.74) is 0.925. The maximum Gasteiger partial charge on any atom is 0.345 e. The van der Waals surface area contributed by atoms with Gasteiger partial charge in [-0.05, 0) is 30.5 Å². The van der Waals surface area contributed by atoms with Crippen molar-refractivity contribution in [1.82, 2.24) is 14.8 Å². The highest BCUT2D eigenvalue weighted by Gasteiger charge is 2.19. The van der Waals surface area contributed by atoms with Gasteiger partial charge in [-0.15, -0.1) is 11.3 Å². The normalized spacial score (nSPS) is 11.4. The lowest BCUT2D eigenvalue weighted by Gasteiger charge is -2.02. The van der Waals surface area contributed by atoms with E-state index in [0.29, 0.717) is 16.6 Å². The van der Waals surface area contributed by atoms with E-state index >= 15 is 0 Å². The van der Waals surface area contributed by atoms with E-state index in [-0.39, 0.29) is 0 Å². The zero-order valence-corrected chi connectivity index (χ0v) is 12.6. The van der Waals surface area contributed by atoms with E-state index in [9.17, 15) is 9.90 Å². The van der Waals surface area contributed by atoms with Crippen molar-refractivity contribution in [3.8, 4) is 5.82 Å². The molecule has 0 atom stereocenters. The van der Waals surface area contributed by atoms with Crippen molar-refractivity contribution in [2.75, 3.05) is 0 Å². The van der Waals surface area contributed by atoms with Crippen LogP contribution >= 0.6 is 11.3 Å². The Labute approximate surface area is 125 Å². The van der Waals surface area contributed by atoms with E-state index in [1.165, 1.54) is 11.3 Å². The molecule has 0 saturated carbocycles. The Morgan fingerprint density at radius 1 is 1.43 bits per heavy atom. The fourth-order valence-corrected chi connectivity index (χ4v) is 3.22. The second kappa shape index (κ2) is 5.29. The quantitative estimate of drug-likeness (QED) is 0.802. The van der Waals surface area contributed by atoms with Crippen molar-refractivity contribution >= 4 is 27.5 Å². The summed E-state index contributed by atoms with van der Waals surface area (Å²) in [7, 11) is 0. The molecule has 0 radical (unpaired) electrons. The predicted molar refractivity (Wildman–Crippen MR) is 82.2 cm³/mol. The SMILES string of the molecule is CC(C)Cc1nn(-c2ccccn2)c2sc(C(=O)O)cc12. The Balaban J connectivity index is 2.21. The lowest BCUT2D eigenvalue weighted by Crippen LogP contribution is -2.01. The first-order valence-corrected chi connectivity index (χ1v) is 7.54. The first kappa shape index (κ1) is 13.8. The van der Waals surface area contributed by atoms with Crippen molar-refractivity contribution in [2.24, 2.45) is 5.92 Å². The molecule has 0 aliphatic heterocycles. The fraction of sp³-hybridized carbons (Fsp3) is 0.267. The highest BCUT2D eigenvalue weighted by molar-refractivity contribution is 7.20. The Kier molecular flexibility index (Phi) is 3.47. The van der Waals surface area contributed by atoms with Crippen LogP contribution in [0.1, 0.15) is 29.2 Å². The number of aromatic carboxylic acids is 1. The summed E-state index contributed by atoms with van der Waals surface area (Å²) < 4.78 is 1.74. The number of carbonyl (C=O) groups is 1. The highest BCUT2D eigenvalue weighted by Crippen LogP contribution is 2.31.